The van der Waals surface area contributed by atoms with E-state index in [9.17, 15) is 13.2 Å². The molecule has 0 aliphatic carbocycles. The van der Waals surface area contributed by atoms with E-state index in [2.05, 4.69) is 5.32 Å². The monoisotopic (exact) mass is 295 g/mol. The van der Waals surface area contributed by atoms with Crippen molar-refractivity contribution in [2.45, 2.75) is 19.6 Å². The summed E-state index contributed by atoms with van der Waals surface area (Å²) < 4.78 is 44.9. The lowest BCUT2D eigenvalue weighted by molar-refractivity contribution is -0.138. The molecular formula is C16H16F3NO. The van der Waals surface area contributed by atoms with Gasteiger partial charge in [0.05, 0.1) is 5.56 Å². The fourth-order valence-electron chi connectivity index (χ4n) is 2.01. The van der Waals surface area contributed by atoms with E-state index >= 15 is 0 Å². The number of aryl methyl sites for hydroxylation is 1. The Bertz CT molecular complexity index is 623. The van der Waals surface area contributed by atoms with Crippen LogP contribution >= 0.6 is 0 Å². The third-order valence-corrected chi connectivity index (χ3v) is 2.95. The van der Waals surface area contributed by atoms with E-state index < -0.39 is 11.7 Å². The van der Waals surface area contributed by atoms with Gasteiger partial charge in [0.1, 0.15) is 11.5 Å². The fourth-order valence-corrected chi connectivity index (χ4v) is 2.01. The average Bonchev–Trinajstić information content (AvgIpc) is 2.39. The van der Waals surface area contributed by atoms with Gasteiger partial charge in [0.2, 0.25) is 0 Å². The van der Waals surface area contributed by atoms with Gasteiger partial charge in [0, 0.05) is 6.54 Å². The van der Waals surface area contributed by atoms with Crippen molar-refractivity contribution in [1.29, 1.82) is 0 Å². The van der Waals surface area contributed by atoms with Crippen LogP contribution in [-0.2, 0) is 12.7 Å². The van der Waals surface area contributed by atoms with Gasteiger partial charge in [-0.2, -0.15) is 13.2 Å². The van der Waals surface area contributed by atoms with Crippen LogP contribution in [0.3, 0.4) is 0 Å². The molecular weight excluding hydrogens is 279 g/mol. The molecule has 0 amide bonds. The maximum absolute atomic E-state index is 13.2. The highest BCUT2D eigenvalue weighted by Gasteiger charge is 2.34. The molecule has 2 aromatic carbocycles. The zero-order valence-electron chi connectivity index (χ0n) is 11.8. The topological polar surface area (TPSA) is 21.3 Å². The summed E-state index contributed by atoms with van der Waals surface area (Å²) in [6, 6.07) is 11.0. The lowest BCUT2D eigenvalue weighted by Gasteiger charge is -2.15. The van der Waals surface area contributed by atoms with Crippen LogP contribution < -0.4 is 10.1 Å². The summed E-state index contributed by atoms with van der Waals surface area (Å²) in [6.07, 6.45) is -4.46. The van der Waals surface area contributed by atoms with Crippen LogP contribution in [0.4, 0.5) is 13.2 Å². The minimum atomic E-state index is -4.46. The van der Waals surface area contributed by atoms with E-state index in [0.29, 0.717) is 17.9 Å². The highest BCUT2D eigenvalue weighted by atomic mass is 19.4. The van der Waals surface area contributed by atoms with E-state index in [-0.39, 0.29) is 5.75 Å². The predicted molar refractivity (Wildman–Crippen MR) is 75.5 cm³/mol. The molecule has 21 heavy (non-hydrogen) atoms. The van der Waals surface area contributed by atoms with Gasteiger partial charge in [0.15, 0.2) is 0 Å². The van der Waals surface area contributed by atoms with Crippen molar-refractivity contribution in [2.24, 2.45) is 0 Å². The Morgan fingerprint density at radius 1 is 1.10 bits per heavy atom. The number of ether oxygens (including phenoxy) is 1. The number of hydrogen-bond acceptors (Lipinski definition) is 2. The molecule has 0 unspecified atom stereocenters. The molecule has 0 saturated carbocycles. The quantitative estimate of drug-likeness (QED) is 0.895. The maximum Gasteiger partial charge on any atom is 0.419 e. The molecule has 2 rings (SSSR count). The van der Waals surface area contributed by atoms with Crippen molar-refractivity contribution >= 4 is 0 Å². The highest BCUT2D eigenvalue weighted by Crippen LogP contribution is 2.38. The van der Waals surface area contributed by atoms with Crippen LogP contribution in [0.2, 0.25) is 0 Å². The number of alkyl halides is 3. The third kappa shape index (κ3) is 3.98. The Balaban J connectivity index is 2.38. The number of hydrogen-bond donors (Lipinski definition) is 1. The van der Waals surface area contributed by atoms with E-state index in [0.717, 1.165) is 11.6 Å². The second kappa shape index (κ2) is 6.18. The molecule has 1 N–H and O–H groups in total. The second-order valence-electron chi connectivity index (χ2n) is 4.78. The normalized spacial score (nSPS) is 11.5. The van der Waals surface area contributed by atoms with Crippen LogP contribution in [0.1, 0.15) is 16.7 Å². The van der Waals surface area contributed by atoms with Crippen LogP contribution in [0.5, 0.6) is 11.5 Å². The molecule has 0 radical (unpaired) electrons. The van der Waals surface area contributed by atoms with Crippen molar-refractivity contribution in [2.75, 3.05) is 7.05 Å². The molecule has 0 aromatic heterocycles. The average molecular weight is 295 g/mol. The predicted octanol–water partition coefficient (Wildman–Crippen LogP) is 4.53. The zero-order chi connectivity index (χ0) is 15.5. The first-order chi connectivity index (χ1) is 9.90. The summed E-state index contributed by atoms with van der Waals surface area (Å²) >= 11 is 0. The van der Waals surface area contributed by atoms with Gasteiger partial charge in [-0.25, -0.2) is 0 Å². The van der Waals surface area contributed by atoms with Crippen LogP contribution in [-0.4, -0.2) is 7.05 Å². The summed E-state index contributed by atoms with van der Waals surface area (Å²) in [5.41, 5.74) is 0.714. The van der Waals surface area contributed by atoms with Crippen molar-refractivity contribution in [1.82, 2.24) is 5.32 Å². The number of halogens is 3. The number of benzene rings is 2. The summed E-state index contributed by atoms with van der Waals surface area (Å²) in [6.45, 7) is 2.22. The Hall–Kier alpha value is -2.01. The van der Waals surface area contributed by atoms with Gasteiger partial charge in [-0.15, -0.1) is 0 Å². The van der Waals surface area contributed by atoms with Gasteiger partial charge in [0.25, 0.3) is 0 Å². The van der Waals surface area contributed by atoms with Crippen LogP contribution in [0.15, 0.2) is 42.5 Å². The Kier molecular flexibility index (Phi) is 4.53. The van der Waals surface area contributed by atoms with Gasteiger partial charge in [-0.05, 0) is 49.4 Å². The minimum absolute atomic E-state index is 0.187. The van der Waals surface area contributed by atoms with Crippen molar-refractivity contribution in [3.8, 4) is 11.5 Å². The van der Waals surface area contributed by atoms with Gasteiger partial charge < -0.3 is 10.1 Å². The number of rotatable bonds is 4. The lowest BCUT2D eigenvalue weighted by Crippen LogP contribution is -2.10. The Morgan fingerprint density at radius 2 is 1.86 bits per heavy atom. The smallest absolute Gasteiger partial charge is 0.419 e. The minimum Gasteiger partial charge on any atom is -0.457 e. The second-order valence-corrected chi connectivity index (χ2v) is 4.78. The van der Waals surface area contributed by atoms with E-state index in [1.54, 1.807) is 31.3 Å². The molecule has 0 spiro atoms. The molecule has 0 aliphatic rings. The molecule has 2 aromatic rings. The van der Waals surface area contributed by atoms with E-state index in [1.165, 1.54) is 6.07 Å². The summed E-state index contributed by atoms with van der Waals surface area (Å²) in [7, 11) is 1.68. The van der Waals surface area contributed by atoms with Crippen LogP contribution in [0.25, 0.3) is 0 Å². The lowest BCUT2D eigenvalue weighted by atomic mass is 10.1. The molecule has 0 atom stereocenters. The molecule has 2 nitrogen and oxygen atoms in total. The van der Waals surface area contributed by atoms with E-state index in [1.807, 2.05) is 13.0 Å². The van der Waals surface area contributed by atoms with Gasteiger partial charge >= 0.3 is 6.18 Å². The highest BCUT2D eigenvalue weighted by molar-refractivity contribution is 5.42. The van der Waals surface area contributed by atoms with Crippen LogP contribution in [0, 0.1) is 6.92 Å². The molecule has 0 bridgehead atoms. The molecule has 0 aliphatic heterocycles. The fraction of sp³-hybridized carbons (Fsp3) is 0.250. The molecule has 0 heterocycles. The number of nitrogens with one attached hydrogen (secondary N) is 1. The Morgan fingerprint density at radius 3 is 2.48 bits per heavy atom. The summed E-state index contributed by atoms with van der Waals surface area (Å²) in [5.74, 6) is 0.204. The first-order valence-electron chi connectivity index (χ1n) is 6.49. The zero-order valence-corrected chi connectivity index (χ0v) is 11.8. The molecule has 5 heteroatoms. The summed E-state index contributed by atoms with van der Waals surface area (Å²) in [4.78, 5) is 0. The first kappa shape index (κ1) is 15.4. The van der Waals surface area contributed by atoms with Crippen molar-refractivity contribution in [3.63, 3.8) is 0 Å². The first-order valence-corrected chi connectivity index (χ1v) is 6.49. The largest absolute Gasteiger partial charge is 0.457 e. The Labute approximate surface area is 121 Å². The van der Waals surface area contributed by atoms with Crippen molar-refractivity contribution in [3.05, 3.63) is 59.2 Å². The standard InChI is InChI=1S/C16H16F3NO/c1-11-4-3-5-13(8-11)21-15-7-6-12(10-20-2)9-14(15)16(17,18)19/h3-9,20H,10H2,1-2H3. The van der Waals surface area contributed by atoms with Gasteiger partial charge in [-0.3, -0.25) is 0 Å². The molecule has 0 saturated heterocycles. The molecule has 0 fully saturated rings. The molecule has 112 valence electrons. The van der Waals surface area contributed by atoms with Crippen molar-refractivity contribution < 1.29 is 17.9 Å². The maximum atomic E-state index is 13.2. The van der Waals surface area contributed by atoms with Gasteiger partial charge in [-0.1, -0.05) is 18.2 Å². The third-order valence-electron chi connectivity index (χ3n) is 2.95. The SMILES string of the molecule is CNCc1ccc(Oc2cccc(C)c2)c(C(F)(F)F)c1. The van der Waals surface area contributed by atoms with E-state index in [4.69, 9.17) is 4.74 Å². The summed E-state index contributed by atoms with van der Waals surface area (Å²) in [5, 5.41) is 2.83.